The number of aryl methyl sites for hydroxylation is 3. The van der Waals surface area contributed by atoms with E-state index in [1.54, 1.807) is 13.0 Å². The number of aromatic nitrogens is 2. The second-order valence-electron chi connectivity index (χ2n) is 7.48. The molecular formula is C21H26N4O3. The Balaban J connectivity index is 1.51. The number of nitrogens with one attached hydrogen (secondary N) is 1. The maximum absolute atomic E-state index is 13.0. The molecule has 0 atom stereocenters. The number of piperidine rings is 1. The van der Waals surface area contributed by atoms with Crippen molar-refractivity contribution in [3.05, 3.63) is 46.9 Å². The summed E-state index contributed by atoms with van der Waals surface area (Å²) in [6, 6.07) is 7.85. The van der Waals surface area contributed by atoms with Gasteiger partial charge in [0.15, 0.2) is 5.79 Å². The zero-order chi connectivity index (χ0) is 19.7. The number of anilines is 2. The number of rotatable bonds is 3. The first-order valence-corrected chi connectivity index (χ1v) is 9.72. The van der Waals surface area contributed by atoms with Gasteiger partial charge in [0.2, 0.25) is 0 Å². The molecule has 3 heterocycles. The number of carbonyl (C=O) groups excluding carboxylic acids is 1. The van der Waals surface area contributed by atoms with Crippen LogP contribution in [-0.2, 0) is 9.47 Å². The van der Waals surface area contributed by atoms with Crippen LogP contribution in [-0.4, -0.2) is 52.9 Å². The van der Waals surface area contributed by atoms with Crippen LogP contribution >= 0.6 is 0 Å². The van der Waals surface area contributed by atoms with Crippen LogP contribution in [0, 0.1) is 20.8 Å². The highest BCUT2D eigenvalue weighted by atomic mass is 16.7. The Kier molecular flexibility index (Phi) is 5.03. The van der Waals surface area contributed by atoms with E-state index in [0.717, 1.165) is 16.8 Å². The molecule has 1 spiro atoms. The third kappa shape index (κ3) is 3.72. The van der Waals surface area contributed by atoms with Gasteiger partial charge in [0.05, 0.1) is 13.2 Å². The molecule has 0 saturated carbocycles. The zero-order valence-electron chi connectivity index (χ0n) is 16.6. The minimum atomic E-state index is -0.493. The number of benzene rings is 1. The normalized spacial score (nSPS) is 18.5. The van der Waals surface area contributed by atoms with Gasteiger partial charge in [0.25, 0.3) is 5.91 Å². The standard InChI is InChI=1S/C21H26N4O3/c1-14-5-4-6-15(2)19(14)24-18-13-17(22-16(3)23-18)20(26)25-9-7-21(8-10-25)27-11-12-28-21/h4-6,13H,7-12H2,1-3H3,(H,22,23,24). The Bertz CT molecular complexity index is 863. The summed E-state index contributed by atoms with van der Waals surface area (Å²) in [5.41, 5.74) is 3.67. The van der Waals surface area contributed by atoms with Crippen LogP contribution < -0.4 is 5.32 Å². The fourth-order valence-corrected chi connectivity index (χ4v) is 3.88. The van der Waals surface area contributed by atoms with Crippen molar-refractivity contribution in [1.29, 1.82) is 0 Å². The van der Waals surface area contributed by atoms with E-state index in [-0.39, 0.29) is 5.91 Å². The van der Waals surface area contributed by atoms with Gasteiger partial charge in [0.1, 0.15) is 17.3 Å². The Morgan fingerprint density at radius 1 is 1.07 bits per heavy atom. The molecule has 0 bridgehead atoms. The van der Waals surface area contributed by atoms with Crippen molar-refractivity contribution in [3.63, 3.8) is 0 Å². The number of likely N-dealkylation sites (tertiary alicyclic amines) is 1. The molecular weight excluding hydrogens is 356 g/mol. The van der Waals surface area contributed by atoms with Crippen LogP contribution in [0.4, 0.5) is 11.5 Å². The van der Waals surface area contributed by atoms with E-state index in [1.807, 2.05) is 36.9 Å². The van der Waals surface area contributed by atoms with Crippen LogP contribution in [0.25, 0.3) is 0 Å². The lowest BCUT2D eigenvalue weighted by molar-refractivity contribution is -0.181. The van der Waals surface area contributed by atoms with Crippen molar-refractivity contribution < 1.29 is 14.3 Å². The first-order valence-electron chi connectivity index (χ1n) is 9.72. The molecule has 4 rings (SSSR count). The summed E-state index contributed by atoms with van der Waals surface area (Å²) in [6.45, 7) is 8.36. The van der Waals surface area contributed by atoms with Crippen molar-refractivity contribution in [3.8, 4) is 0 Å². The third-order valence-electron chi connectivity index (χ3n) is 5.42. The summed E-state index contributed by atoms with van der Waals surface area (Å²) < 4.78 is 11.5. The summed E-state index contributed by atoms with van der Waals surface area (Å²) in [4.78, 5) is 23.7. The van der Waals surface area contributed by atoms with Gasteiger partial charge in [-0.05, 0) is 31.9 Å². The SMILES string of the molecule is Cc1nc(Nc2c(C)cccc2C)cc(C(=O)N2CCC3(CC2)OCCO3)n1. The molecule has 1 aromatic carbocycles. The summed E-state index contributed by atoms with van der Waals surface area (Å²) >= 11 is 0. The fraction of sp³-hybridized carbons (Fsp3) is 0.476. The Hall–Kier alpha value is -2.51. The summed E-state index contributed by atoms with van der Waals surface area (Å²) in [6.07, 6.45) is 1.38. The lowest BCUT2D eigenvalue weighted by Gasteiger charge is -2.37. The van der Waals surface area contributed by atoms with E-state index < -0.39 is 5.79 Å². The molecule has 2 aliphatic rings. The molecule has 28 heavy (non-hydrogen) atoms. The summed E-state index contributed by atoms with van der Waals surface area (Å²) in [7, 11) is 0. The quantitative estimate of drug-likeness (QED) is 0.879. The lowest BCUT2D eigenvalue weighted by Crippen LogP contribution is -2.47. The predicted octanol–water partition coefficient (Wildman–Crippen LogP) is 3.12. The zero-order valence-corrected chi connectivity index (χ0v) is 16.6. The molecule has 1 aromatic heterocycles. The molecule has 1 N–H and O–H groups in total. The summed E-state index contributed by atoms with van der Waals surface area (Å²) in [5, 5.41) is 3.36. The van der Waals surface area contributed by atoms with Crippen LogP contribution in [0.15, 0.2) is 24.3 Å². The van der Waals surface area contributed by atoms with Crippen LogP contribution in [0.1, 0.15) is 40.3 Å². The van der Waals surface area contributed by atoms with Gasteiger partial charge in [-0.3, -0.25) is 4.79 Å². The second-order valence-corrected chi connectivity index (χ2v) is 7.48. The minimum absolute atomic E-state index is 0.0806. The van der Waals surface area contributed by atoms with E-state index >= 15 is 0 Å². The first-order chi connectivity index (χ1) is 13.5. The number of hydrogen-bond acceptors (Lipinski definition) is 6. The fourth-order valence-electron chi connectivity index (χ4n) is 3.88. The van der Waals surface area contributed by atoms with Crippen molar-refractivity contribution in [1.82, 2.24) is 14.9 Å². The highest BCUT2D eigenvalue weighted by Gasteiger charge is 2.41. The smallest absolute Gasteiger partial charge is 0.272 e. The molecule has 2 aromatic rings. The van der Waals surface area contributed by atoms with E-state index in [4.69, 9.17) is 9.47 Å². The maximum atomic E-state index is 13.0. The maximum Gasteiger partial charge on any atom is 0.272 e. The van der Waals surface area contributed by atoms with Crippen LogP contribution in [0.2, 0.25) is 0 Å². The van der Waals surface area contributed by atoms with Gasteiger partial charge in [-0.25, -0.2) is 9.97 Å². The average molecular weight is 382 g/mol. The van der Waals surface area contributed by atoms with Crippen LogP contribution in [0.3, 0.4) is 0 Å². The summed E-state index contributed by atoms with van der Waals surface area (Å²) in [5.74, 6) is 0.621. The first kappa shape index (κ1) is 18.8. The Morgan fingerprint density at radius 3 is 2.36 bits per heavy atom. The van der Waals surface area contributed by atoms with Gasteiger partial charge in [-0.1, -0.05) is 18.2 Å². The molecule has 2 fully saturated rings. The molecule has 0 radical (unpaired) electrons. The number of hydrogen-bond donors (Lipinski definition) is 1. The molecule has 148 valence electrons. The molecule has 1 amide bonds. The molecule has 7 heteroatoms. The van der Waals surface area contributed by atoms with Crippen molar-refractivity contribution in [2.45, 2.75) is 39.4 Å². The topological polar surface area (TPSA) is 76.6 Å². The highest BCUT2D eigenvalue weighted by Crippen LogP contribution is 2.32. The highest BCUT2D eigenvalue weighted by molar-refractivity contribution is 5.93. The van der Waals surface area contributed by atoms with Crippen molar-refractivity contribution >= 4 is 17.4 Å². The Labute approximate surface area is 165 Å². The number of para-hydroxylation sites is 1. The molecule has 7 nitrogen and oxygen atoms in total. The second kappa shape index (κ2) is 7.48. The molecule has 0 unspecified atom stereocenters. The third-order valence-corrected chi connectivity index (χ3v) is 5.42. The number of carbonyl (C=O) groups is 1. The largest absolute Gasteiger partial charge is 0.347 e. The van der Waals surface area contributed by atoms with E-state index in [1.165, 1.54) is 0 Å². The van der Waals surface area contributed by atoms with Gasteiger partial charge < -0.3 is 19.7 Å². The molecule has 0 aliphatic carbocycles. The van der Waals surface area contributed by atoms with Crippen LogP contribution in [0.5, 0.6) is 0 Å². The average Bonchev–Trinajstić information content (AvgIpc) is 3.12. The predicted molar refractivity (Wildman–Crippen MR) is 106 cm³/mol. The van der Waals surface area contributed by atoms with Crippen molar-refractivity contribution in [2.75, 3.05) is 31.6 Å². The van der Waals surface area contributed by atoms with E-state index in [9.17, 15) is 4.79 Å². The van der Waals surface area contributed by atoms with E-state index in [0.29, 0.717) is 56.5 Å². The van der Waals surface area contributed by atoms with Gasteiger partial charge in [0, 0.05) is 37.7 Å². The number of nitrogens with zero attached hydrogens (tertiary/aromatic N) is 3. The van der Waals surface area contributed by atoms with Gasteiger partial charge in [-0.15, -0.1) is 0 Å². The minimum Gasteiger partial charge on any atom is -0.347 e. The monoisotopic (exact) mass is 382 g/mol. The van der Waals surface area contributed by atoms with E-state index in [2.05, 4.69) is 15.3 Å². The van der Waals surface area contributed by atoms with Gasteiger partial charge >= 0.3 is 0 Å². The molecule has 2 aliphatic heterocycles. The molecule has 2 saturated heterocycles. The Morgan fingerprint density at radius 2 is 1.71 bits per heavy atom. The number of amides is 1. The number of ether oxygens (including phenoxy) is 2. The van der Waals surface area contributed by atoms with Gasteiger partial charge in [-0.2, -0.15) is 0 Å². The lowest BCUT2D eigenvalue weighted by atomic mass is 10.0. The van der Waals surface area contributed by atoms with Crippen molar-refractivity contribution in [2.24, 2.45) is 0 Å².